The summed E-state index contributed by atoms with van der Waals surface area (Å²) in [6, 6.07) is 8.80. The summed E-state index contributed by atoms with van der Waals surface area (Å²) in [5.41, 5.74) is 2.56. The molecule has 220 valence electrons. The first-order chi connectivity index (χ1) is 18.8. The van der Waals surface area contributed by atoms with E-state index in [0.717, 1.165) is 0 Å². The average Bonchev–Trinajstić information content (AvgIpc) is 3.37. The second kappa shape index (κ2) is 15.2. The van der Waals surface area contributed by atoms with Crippen molar-refractivity contribution in [2.45, 2.75) is 73.5 Å². The Morgan fingerprint density at radius 3 is 2.23 bits per heavy atom. The summed E-state index contributed by atoms with van der Waals surface area (Å²) in [4.78, 5) is 56.9. The maximum atomic E-state index is 13.8. The van der Waals surface area contributed by atoms with Crippen LogP contribution in [0.1, 0.15) is 71.7 Å². The molecule has 1 heterocycles. The van der Waals surface area contributed by atoms with Gasteiger partial charge < -0.3 is 14.6 Å². The van der Waals surface area contributed by atoms with Gasteiger partial charge in [0.2, 0.25) is 5.91 Å². The topological polar surface area (TPSA) is 123 Å². The van der Waals surface area contributed by atoms with Gasteiger partial charge in [-0.1, -0.05) is 45.9 Å². The van der Waals surface area contributed by atoms with Gasteiger partial charge in [-0.3, -0.25) is 29.6 Å². The number of benzene rings is 1. The normalized spacial score (nSPS) is 13.0. The van der Waals surface area contributed by atoms with Crippen molar-refractivity contribution in [3.63, 3.8) is 0 Å². The van der Waals surface area contributed by atoms with Gasteiger partial charge in [0, 0.05) is 31.0 Å². The molecule has 2 N–H and O–H groups in total. The molecule has 0 spiro atoms. The summed E-state index contributed by atoms with van der Waals surface area (Å²) >= 11 is 0. The number of carbonyl (C=O) groups is 4. The third kappa shape index (κ3) is 11.2. The van der Waals surface area contributed by atoms with Crippen LogP contribution in [-0.2, 0) is 25.7 Å². The van der Waals surface area contributed by atoms with Crippen molar-refractivity contribution < 1.29 is 23.9 Å². The van der Waals surface area contributed by atoms with Gasteiger partial charge in [-0.25, -0.2) is 4.98 Å². The minimum absolute atomic E-state index is 0.0167. The molecule has 0 saturated heterocycles. The number of aromatic nitrogens is 2. The van der Waals surface area contributed by atoms with Gasteiger partial charge in [-0.15, -0.1) is 0 Å². The lowest BCUT2D eigenvalue weighted by Crippen LogP contribution is -2.53. The van der Waals surface area contributed by atoms with Crippen LogP contribution < -0.4 is 10.7 Å². The van der Waals surface area contributed by atoms with Crippen LogP contribution in [-0.4, -0.2) is 56.9 Å². The Bertz CT molecular complexity index is 1090. The van der Waals surface area contributed by atoms with Crippen molar-refractivity contribution in [2.24, 2.45) is 23.7 Å². The van der Waals surface area contributed by atoms with Crippen LogP contribution in [0, 0.1) is 23.7 Å². The number of nitrogens with one attached hydrogen (secondary N) is 2. The van der Waals surface area contributed by atoms with Crippen LogP contribution in [0.4, 0.5) is 0 Å². The van der Waals surface area contributed by atoms with E-state index in [1.165, 1.54) is 11.3 Å². The number of hydrazine groups is 1. The van der Waals surface area contributed by atoms with E-state index in [-0.39, 0.29) is 43.2 Å². The number of hydrogen-bond donors (Lipinski definition) is 2. The Morgan fingerprint density at radius 1 is 1.00 bits per heavy atom. The van der Waals surface area contributed by atoms with Crippen molar-refractivity contribution >= 4 is 23.7 Å². The fourth-order valence-corrected chi connectivity index (χ4v) is 4.27. The fourth-order valence-electron chi connectivity index (χ4n) is 4.27. The molecule has 0 saturated carbocycles. The summed E-state index contributed by atoms with van der Waals surface area (Å²) in [6.45, 7) is 13.7. The highest BCUT2D eigenvalue weighted by Gasteiger charge is 2.38. The van der Waals surface area contributed by atoms with Gasteiger partial charge in [-0.2, -0.15) is 0 Å². The summed E-state index contributed by atoms with van der Waals surface area (Å²) in [6.07, 6.45) is 5.40. The molecule has 3 amide bonds. The monoisotopic (exact) mass is 555 g/mol. The van der Waals surface area contributed by atoms with Gasteiger partial charge in [0.1, 0.15) is 12.1 Å². The van der Waals surface area contributed by atoms with Gasteiger partial charge >= 0.3 is 5.97 Å². The van der Waals surface area contributed by atoms with Crippen molar-refractivity contribution in [1.29, 1.82) is 0 Å². The average molecular weight is 556 g/mol. The standard InChI is InChI=1S/C30H45N5O5/c1-21(2)17-25(28(38)33-35(18-22(3)4)26(36)19-34-16-15-31-20-34)24(29(39)40-30(5,6)7)13-14-32-27(37)23-11-9-8-10-12-23/h8-12,15-16,20-22,24-25H,13-14,17-19H2,1-7H3,(H,32,37)(H,33,38)/t24-,25+/m0/s1. The third-order valence-electron chi connectivity index (χ3n) is 6.01. The summed E-state index contributed by atoms with van der Waals surface area (Å²) in [5.74, 6) is -2.94. The van der Waals surface area contributed by atoms with E-state index >= 15 is 0 Å². The minimum Gasteiger partial charge on any atom is -0.460 e. The van der Waals surface area contributed by atoms with E-state index in [9.17, 15) is 19.2 Å². The molecule has 0 aliphatic heterocycles. The van der Waals surface area contributed by atoms with Crippen molar-refractivity contribution in [3.05, 3.63) is 54.6 Å². The molecule has 2 atom stereocenters. The van der Waals surface area contributed by atoms with Gasteiger partial charge in [0.25, 0.3) is 11.8 Å². The van der Waals surface area contributed by atoms with Crippen LogP contribution in [0.15, 0.2) is 49.1 Å². The van der Waals surface area contributed by atoms with Gasteiger partial charge in [0.15, 0.2) is 0 Å². The molecule has 10 nitrogen and oxygen atoms in total. The van der Waals surface area contributed by atoms with E-state index in [4.69, 9.17) is 4.74 Å². The number of amides is 3. The number of esters is 1. The highest BCUT2D eigenvalue weighted by Crippen LogP contribution is 2.27. The maximum Gasteiger partial charge on any atom is 0.310 e. The molecule has 0 fully saturated rings. The molecule has 1 aromatic heterocycles. The van der Waals surface area contributed by atoms with Crippen LogP contribution in [0.2, 0.25) is 0 Å². The molecule has 10 heteroatoms. The summed E-state index contributed by atoms with van der Waals surface area (Å²) in [5, 5.41) is 4.18. The Morgan fingerprint density at radius 2 is 1.68 bits per heavy atom. The molecule has 2 rings (SSSR count). The Kier molecular flexibility index (Phi) is 12.4. The zero-order valence-corrected chi connectivity index (χ0v) is 24.8. The van der Waals surface area contributed by atoms with E-state index in [1.807, 2.05) is 33.8 Å². The largest absolute Gasteiger partial charge is 0.460 e. The first-order valence-corrected chi connectivity index (χ1v) is 13.9. The lowest BCUT2D eigenvalue weighted by atomic mass is 9.82. The predicted molar refractivity (Wildman–Crippen MR) is 153 cm³/mol. The molecular formula is C30H45N5O5. The molecular weight excluding hydrogens is 510 g/mol. The highest BCUT2D eigenvalue weighted by molar-refractivity contribution is 5.94. The van der Waals surface area contributed by atoms with E-state index in [1.54, 1.807) is 62.0 Å². The Balaban J connectivity index is 2.27. The minimum atomic E-state index is -0.831. The van der Waals surface area contributed by atoms with E-state index < -0.39 is 29.3 Å². The second-order valence-electron chi connectivity index (χ2n) is 11.9. The molecule has 0 aliphatic carbocycles. The van der Waals surface area contributed by atoms with Crippen molar-refractivity contribution in [1.82, 2.24) is 25.3 Å². The number of imidazole rings is 1. The van der Waals surface area contributed by atoms with E-state index in [2.05, 4.69) is 15.7 Å². The maximum absolute atomic E-state index is 13.8. The van der Waals surface area contributed by atoms with Crippen LogP contribution in [0.3, 0.4) is 0 Å². The van der Waals surface area contributed by atoms with E-state index in [0.29, 0.717) is 18.5 Å². The highest BCUT2D eigenvalue weighted by atomic mass is 16.6. The predicted octanol–water partition coefficient (Wildman–Crippen LogP) is 3.84. The molecule has 0 bridgehead atoms. The smallest absolute Gasteiger partial charge is 0.310 e. The van der Waals surface area contributed by atoms with Crippen molar-refractivity contribution in [3.8, 4) is 0 Å². The zero-order valence-electron chi connectivity index (χ0n) is 24.8. The zero-order chi connectivity index (χ0) is 29.9. The van der Waals surface area contributed by atoms with Crippen LogP contribution >= 0.6 is 0 Å². The van der Waals surface area contributed by atoms with Crippen molar-refractivity contribution in [2.75, 3.05) is 13.1 Å². The first kappa shape index (κ1) is 32.5. The number of rotatable bonds is 13. The summed E-state index contributed by atoms with van der Waals surface area (Å²) < 4.78 is 7.35. The lowest BCUT2D eigenvalue weighted by molar-refractivity contribution is -0.165. The van der Waals surface area contributed by atoms with Crippen LogP contribution in [0.25, 0.3) is 0 Å². The Hall–Kier alpha value is -3.69. The third-order valence-corrected chi connectivity index (χ3v) is 6.01. The first-order valence-electron chi connectivity index (χ1n) is 13.9. The van der Waals surface area contributed by atoms with Crippen LogP contribution in [0.5, 0.6) is 0 Å². The number of nitrogens with zero attached hydrogens (tertiary/aromatic N) is 3. The molecule has 0 aliphatic rings. The Labute approximate surface area is 237 Å². The molecule has 1 aromatic carbocycles. The fraction of sp³-hybridized carbons (Fsp3) is 0.567. The number of ether oxygens (including phenoxy) is 1. The number of carbonyl (C=O) groups excluding carboxylic acids is 4. The molecule has 0 radical (unpaired) electrons. The van der Waals surface area contributed by atoms with Gasteiger partial charge in [-0.05, 0) is 57.6 Å². The molecule has 40 heavy (non-hydrogen) atoms. The summed E-state index contributed by atoms with van der Waals surface area (Å²) in [7, 11) is 0. The number of hydrogen-bond acceptors (Lipinski definition) is 6. The SMILES string of the molecule is CC(C)C[C@@H](C(=O)NN(CC(C)C)C(=O)Cn1ccnc1)[C@H](CCNC(=O)c1ccccc1)C(=O)OC(C)(C)C. The van der Waals surface area contributed by atoms with Gasteiger partial charge in [0.05, 0.1) is 18.2 Å². The quantitative estimate of drug-likeness (QED) is 0.286. The molecule has 2 aromatic rings. The second-order valence-corrected chi connectivity index (χ2v) is 11.9. The lowest BCUT2D eigenvalue weighted by Gasteiger charge is -2.32. The molecule has 0 unspecified atom stereocenters.